The quantitative estimate of drug-likeness (QED) is 0.761. The van der Waals surface area contributed by atoms with Gasteiger partial charge in [-0.2, -0.15) is 0 Å². The molecular formula is C10H15NO2. The fourth-order valence-electron chi connectivity index (χ4n) is 1.13. The fraction of sp³-hybridized carbons (Fsp3) is 0.500. The highest BCUT2D eigenvalue weighted by atomic mass is 16.5. The molecule has 3 nitrogen and oxygen atoms in total. The molecule has 1 rings (SSSR count). The standard InChI is InChI=1S/C10H15NO2/c1-10(12,5-7-13-2)9-4-3-6-11-8-9/h3-4,6,8,12H,5,7H2,1-2H3. The summed E-state index contributed by atoms with van der Waals surface area (Å²) in [5.74, 6) is 0. The summed E-state index contributed by atoms with van der Waals surface area (Å²) in [6, 6.07) is 3.68. The van der Waals surface area contributed by atoms with Gasteiger partial charge in [0.15, 0.2) is 0 Å². The van der Waals surface area contributed by atoms with Crippen LogP contribution in [0.3, 0.4) is 0 Å². The molecule has 0 amide bonds. The zero-order valence-corrected chi connectivity index (χ0v) is 8.03. The summed E-state index contributed by atoms with van der Waals surface area (Å²) in [6.07, 6.45) is 3.95. The van der Waals surface area contributed by atoms with Crippen LogP contribution in [0, 0.1) is 0 Å². The molecule has 13 heavy (non-hydrogen) atoms. The molecule has 0 aliphatic heterocycles. The van der Waals surface area contributed by atoms with Crippen molar-refractivity contribution in [3.63, 3.8) is 0 Å². The number of aromatic nitrogens is 1. The molecule has 0 saturated heterocycles. The summed E-state index contributed by atoms with van der Waals surface area (Å²) in [7, 11) is 1.62. The van der Waals surface area contributed by atoms with E-state index in [-0.39, 0.29) is 0 Å². The van der Waals surface area contributed by atoms with E-state index >= 15 is 0 Å². The number of hydrogen-bond acceptors (Lipinski definition) is 3. The van der Waals surface area contributed by atoms with Crippen LogP contribution in [0.15, 0.2) is 24.5 Å². The van der Waals surface area contributed by atoms with Crippen LogP contribution in [0.5, 0.6) is 0 Å². The van der Waals surface area contributed by atoms with Crippen molar-refractivity contribution in [1.82, 2.24) is 4.98 Å². The van der Waals surface area contributed by atoms with Gasteiger partial charge in [0.1, 0.15) is 0 Å². The first-order chi connectivity index (χ1) is 6.17. The molecule has 0 saturated carbocycles. The molecule has 1 N–H and O–H groups in total. The normalized spacial score (nSPS) is 15.3. The lowest BCUT2D eigenvalue weighted by atomic mass is 9.95. The van der Waals surface area contributed by atoms with Crippen LogP contribution < -0.4 is 0 Å². The Morgan fingerprint density at radius 1 is 1.62 bits per heavy atom. The van der Waals surface area contributed by atoms with Crippen LogP contribution >= 0.6 is 0 Å². The zero-order chi connectivity index (χ0) is 9.73. The summed E-state index contributed by atoms with van der Waals surface area (Å²) >= 11 is 0. The third-order valence-corrected chi connectivity index (χ3v) is 2.08. The van der Waals surface area contributed by atoms with E-state index in [0.717, 1.165) is 5.56 Å². The molecule has 0 aliphatic rings. The largest absolute Gasteiger partial charge is 0.385 e. The van der Waals surface area contributed by atoms with Crippen molar-refractivity contribution in [1.29, 1.82) is 0 Å². The van der Waals surface area contributed by atoms with Gasteiger partial charge in [0, 0.05) is 38.1 Å². The van der Waals surface area contributed by atoms with Crippen LogP contribution in [0.4, 0.5) is 0 Å². The summed E-state index contributed by atoms with van der Waals surface area (Å²) in [5, 5.41) is 10.00. The van der Waals surface area contributed by atoms with Crippen LogP contribution in [0.2, 0.25) is 0 Å². The molecule has 72 valence electrons. The summed E-state index contributed by atoms with van der Waals surface area (Å²) < 4.78 is 4.92. The summed E-state index contributed by atoms with van der Waals surface area (Å²) in [4.78, 5) is 3.96. The van der Waals surface area contributed by atoms with Crippen molar-refractivity contribution in [2.45, 2.75) is 18.9 Å². The molecule has 0 aliphatic carbocycles. The van der Waals surface area contributed by atoms with Gasteiger partial charge in [0.25, 0.3) is 0 Å². The Balaban J connectivity index is 2.69. The molecule has 0 radical (unpaired) electrons. The van der Waals surface area contributed by atoms with Crippen molar-refractivity contribution in [2.24, 2.45) is 0 Å². The second-order valence-corrected chi connectivity index (χ2v) is 3.26. The SMILES string of the molecule is COCCC(C)(O)c1cccnc1. The van der Waals surface area contributed by atoms with Gasteiger partial charge < -0.3 is 9.84 Å². The van der Waals surface area contributed by atoms with E-state index in [4.69, 9.17) is 4.74 Å². The second kappa shape index (κ2) is 4.35. The van der Waals surface area contributed by atoms with Crippen molar-refractivity contribution in [3.05, 3.63) is 30.1 Å². The number of hydrogen-bond donors (Lipinski definition) is 1. The molecule has 0 spiro atoms. The Morgan fingerprint density at radius 2 is 2.38 bits per heavy atom. The van der Waals surface area contributed by atoms with Crippen molar-refractivity contribution >= 4 is 0 Å². The maximum absolute atomic E-state index is 10.00. The molecule has 0 fully saturated rings. The maximum atomic E-state index is 10.00. The van der Waals surface area contributed by atoms with Gasteiger partial charge in [0.2, 0.25) is 0 Å². The molecule has 1 unspecified atom stereocenters. The zero-order valence-electron chi connectivity index (χ0n) is 8.03. The molecule has 1 aromatic heterocycles. The first-order valence-electron chi connectivity index (χ1n) is 4.28. The van der Waals surface area contributed by atoms with Gasteiger partial charge in [-0.25, -0.2) is 0 Å². The number of methoxy groups -OCH3 is 1. The minimum Gasteiger partial charge on any atom is -0.385 e. The van der Waals surface area contributed by atoms with Gasteiger partial charge in [-0.15, -0.1) is 0 Å². The topological polar surface area (TPSA) is 42.4 Å². The Labute approximate surface area is 78.4 Å². The summed E-state index contributed by atoms with van der Waals surface area (Å²) in [6.45, 7) is 2.31. The maximum Gasteiger partial charge on any atom is 0.0905 e. The molecule has 0 aromatic carbocycles. The van der Waals surface area contributed by atoms with Crippen LogP contribution in [-0.4, -0.2) is 23.8 Å². The number of pyridine rings is 1. The van der Waals surface area contributed by atoms with Gasteiger partial charge in [0.05, 0.1) is 5.60 Å². The fourth-order valence-corrected chi connectivity index (χ4v) is 1.13. The Hall–Kier alpha value is -0.930. The van der Waals surface area contributed by atoms with E-state index in [1.165, 1.54) is 0 Å². The Morgan fingerprint density at radius 3 is 2.92 bits per heavy atom. The van der Waals surface area contributed by atoms with Crippen molar-refractivity contribution < 1.29 is 9.84 Å². The van der Waals surface area contributed by atoms with Crippen LogP contribution in [-0.2, 0) is 10.3 Å². The first kappa shape index (κ1) is 10.2. The first-order valence-corrected chi connectivity index (χ1v) is 4.28. The smallest absolute Gasteiger partial charge is 0.0905 e. The number of ether oxygens (including phenoxy) is 1. The molecular weight excluding hydrogens is 166 g/mol. The number of nitrogens with zero attached hydrogens (tertiary/aromatic N) is 1. The number of rotatable bonds is 4. The molecule has 1 aromatic rings. The predicted octanol–water partition coefficient (Wildman–Crippen LogP) is 1.33. The Kier molecular flexibility index (Phi) is 3.39. The van der Waals surface area contributed by atoms with E-state index in [2.05, 4.69) is 4.98 Å². The minimum absolute atomic E-state index is 0.544. The molecule has 1 heterocycles. The average molecular weight is 181 g/mol. The van der Waals surface area contributed by atoms with Gasteiger partial charge in [-0.1, -0.05) is 6.07 Å². The molecule has 3 heteroatoms. The lowest BCUT2D eigenvalue weighted by Gasteiger charge is -2.22. The monoisotopic (exact) mass is 181 g/mol. The van der Waals surface area contributed by atoms with E-state index in [0.29, 0.717) is 13.0 Å². The van der Waals surface area contributed by atoms with Crippen LogP contribution in [0.1, 0.15) is 18.9 Å². The van der Waals surface area contributed by atoms with E-state index < -0.39 is 5.60 Å². The molecule has 0 bridgehead atoms. The third-order valence-electron chi connectivity index (χ3n) is 2.08. The average Bonchev–Trinajstić information content (AvgIpc) is 2.16. The Bertz CT molecular complexity index is 246. The lowest BCUT2D eigenvalue weighted by Crippen LogP contribution is -2.23. The highest BCUT2D eigenvalue weighted by molar-refractivity contribution is 5.16. The van der Waals surface area contributed by atoms with E-state index in [1.54, 1.807) is 26.4 Å². The van der Waals surface area contributed by atoms with Gasteiger partial charge in [-0.05, 0) is 13.0 Å². The van der Waals surface area contributed by atoms with Gasteiger partial charge >= 0.3 is 0 Å². The minimum atomic E-state index is -0.843. The van der Waals surface area contributed by atoms with E-state index in [1.807, 2.05) is 12.1 Å². The molecule has 1 atom stereocenters. The van der Waals surface area contributed by atoms with Gasteiger partial charge in [-0.3, -0.25) is 4.98 Å². The third kappa shape index (κ3) is 2.79. The highest BCUT2D eigenvalue weighted by Gasteiger charge is 2.22. The van der Waals surface area contributed by atoms with Crippen molar-refractivity contribution in [2.75, 3.05) is 13.7 Å². The van der Waals surface area contributed by atoms with E-state index in [9.17, 15) is 5.11 Å². The lowest BCUT2D eigenvalue weighted by molar-refractivity contribution is 0.0208. The highest BCUT2D eigenvalue weighted by Crippen LogP contribution is 2.22. The number of aliphatic hydroxyl groups is 1. The predicted molar refractivity (Wildman–Crippen MR) is 50.3 cm³/mol. The second-order valence-electron chi connectivity index (χ2n) is 3.26. The van der Waals surface area contributed by atoms with Crippen molar-refractivity contribution in [3.8, 4) is 0 Å². The van der Waals surface area contributed by atoms with Crippen LogP contribution in [0.25, 0.3) is 0 Å². The summed E-state index contributed by atoms with van der Waals surface area (Å²) in [5.41, 5.74) is -0.0170.